The lowest BCUT2D eigenvalue weighted by molar-refractivity contribution is -0.119. The smallest absolute Gasteiger partial charge is 0.316 e. The zero-order chi connectivity index (χ0) is 7.56. The molecular weight excluding hydrogens is 132 g/mol. The van der Waals surface area contributed by atoms with Gasteiger partial charge in [0.15, 0.2) is 6.04 Å². The molecule has 1 unspecified atom stereocenters. The van der Waals surface area contributed by atoms with Crippen molar-refractivity contribution in [1.82, 2.24) is 10.6 Å². The molecule has 4 heteroatoms. The van der Waals surface area contributed by atoms with Crippen LogP contribution in [-0.2, 0) is 4.79 Å². The van der Waals surface area contributed by atoms with Crippen LogP contribution in [0.4, 0.5) is 4.79 Å². The Morgan fingerprint density at radius 2 is 2.20 bits per heavy atom. The Morgan fingerprint density at radius 3 is 2.60 bits per heavy atom. The van der Waals surface area contributed by atoms with Gasteiger partial charge in [0, 0.05) is 0 Å². The Kier molecular flexibility index (Phi) is 1.59. The van der Waals surface area contributed by atoms with Crippen LogP contribution in [0, 0.1) is 11.8 Å². The molecule has 1 saturated heterocycles. The molecular formula is C6H6N2O2. The van der Waals surface area contributed by atoms with Crippen LogP contribution < -0.4 is 10.6 Å². The van der Waals surface area contributed by atoms with E-state index >= 15 is 0 Å². The minimum Gasteiger partial charge on any atom is -0.316 e. The standard InChI is InChI=1S/C6H6N2O2/c1-2-3-4-5(9)8-6(10)7-4/h4H,1H3,(H2,7,8,9,10). The first-order valence-corrected chi connectivity index (χ1v) is 2.77. The van der Waals surface area contributed by atoms with Crippen LogP contribution in [0.15, 0.2) is 0 Å². The van der Waals surface area contributed by atoms with Crippen LogP contribution >= 0.6 is 0 Å². The third-order valence-corrected chi connectivity index (χ3v) is 1.06. The van der Waals surface area contributed by atoms with Crippen molar-refractivity contribution >= 4 is 11.9 Å². The lowest BCUT2D eigenvalue weighted by Gasteiger charge is -1.92. The maximum Gasteiger partial charge on any atom is 0.322 e. The van der Waals surface area contributed by atoms with Crippen molar-refractivity contribution in [3.8, 4) is 11.8 Å². The largest absolute Gasteiger partial charge is 0.322 e. The zero-order valence-corrected chi connectivity index (χ0v) is 5.39. The minimum absolute atomic E-state index is 0.376. The van der Waals surface area contributed by atoms with E-state index in [4.69, 9.17) is 0 Å². The van der Waals surface area contributed by atoms with E-state index in [1.165, 1.54) is 0 Å². The van der Waals surface area contributed by atoms with Crippen molar-refractivity contribution in [1.29, 1.82) is 0 Å². The van der Waals surface area contributed by atoms with Gasteiger partial charge < -0.3 is 5.32 Å². The molecule has 2 N–H and O–H groups in total. The first-order chi connectivity index (χ1) is 4.74. The second kappa shape index (κ2) is 2.40. The van der Waals surface area contributed by atoms with Crippen molar-refractivity contribution in [2.24, 2.45) is 0 Å². The van der Waals surface area contributed by atoms with Gasteiger partial charge >= 0.3 is 6.03 Å². The van der Waals surface area contributed by atoms with Crippen LogP contribution in [0.2, 0.25) is 0 Å². The van der Waals surface area contributed by atoms with E-state index < -0.39 is 12.1 Å². The molecule has 0 spiro atoms. The fourth-order valence-electron chi connectivity index (χ4n) is 0.663. The Hall–Kier alpha value is -1.50. The molecule has 1 fully saturated rings. The summed E-state index contributed by atoms with van der Waals surface area (Å²) in [4.78, 5) is 21.1. The van der Waals surface area contributed by atoms with E-state index in [9.17, 15) is 9.59 Å². The Labute approximate surface area is 58.0 Å². The number of carbonyl (C=O) groups excluding carboxylic acids is 2. The third kappa shape index (κ3) is 1.08. The minimum atomic E-state index is -0.655. The molecule has 1 atom stereocenters. The quantitative estimate of drug-likeness (QED) is 0.340. The normalized spacial score (nSPS) is 22.7. The molecule has 0 saturated carbocycles. The van der Waals surface area contributed by atoms with Gasteiger partial charge in [-0.2, -0.15) is 0 Å². The van der Waals surface area contributed by atoms with Gasteiger partial charge in [-0.1, -0.05) is 5.92 Å². The van der Waals surface area contributed by atoms with Crippen molar-refractivity contribution in [2.75, 3.05) is 0 Å². The molecule has 0 aliphatic carbocycles. The summed E-state index contributed by atoms with van der Waals surface area (Å²) in [5.41, 5.74) is 0. The predicted molar refractivity (Wildman–Crippen MR) is 33.9 cm³/mol. The molecule has 0 aromatic heterocycles. The van der Waals surface area contributed by atoms with Crippen molar-refractivity contribution in [3.05, 3.63) is 0 Å². The van der Waals surface area contributed by atoms with Gasteiger partial charge in [0.25, 0.3) is 5.91 Å². The zero-order valence-electron chi connectivity index (χ0n) is 5.39. The molecule has 4 nitrogen and oxygen atoms in total. The molecule has 0 bridgehead atoms. The van der Waals surface area contributed by atoms with Gasteiger partial charge in [0.2, 0.25) is 0 Å². The second-order valence-corrected chi connectivity index (χ2v) is 1.79. The SMILES string of the molecule is CC#CC1NC(=O)NC1=O. The van der Waals surface area contributed by atoms with Crippen molar-refractivity contribution in [2.45, 2.75) is 13.0 Å². The molecule has 0 aromatic carbocycles. The highest BCUT2D eigenvalue weighted by Gasteiger charge is 2.27. The molecule has 3 amide bonds. The highest BCUT2D eigenvalue weighted by atomic mass is 16.2. The summed E-state index contributed by atoms with van der Waals surface area (Å²) in [6, 6.07) is -1.13. The molecule has 1 aliphatic heterocycles. The molecule has 0 radical (unpaired) electrons. The number of nitrogens with one attached hydrogen (secondary N) is 2. The molecule has 1 aliphatic rings. The summed E-state index contributed by atoms with van der Waals surface area (Å²) in [5.74, 6) is 4.69. The van der Waals surface area contributed by atoms with Crippen LogP contribution in [0.5, 0.6) is 0 Å². The predicted octanol–water partition coefficient (Wildman–Crippen LogP) is -0.782. The van der Waals surface area contributed by atoms with Gasteiger partial charge in [0.1, 0.15) is 0 Å². The van der Waals surface area contributed by atoms with Gasteiger partial charge in [-0.3, -0.25) is 10.1 Å². The average Bonchev–Trinajstić information content (AvgIpc) is 2.13. The molecule has 1 rings (SSSR count). The van der Waals surface area contributed by atoms with E-state index in [-0.39, 0.29) is 5.91 Å². The Morgan fingerprint density at radius 1 is 1.50 bits per heavy atom. The van der Waals surface area contributed by atoms with Gasteiger partial charge in [0.05, 0.1) is 0 Å². The van der Waals surface area contributed by atoms with E-state index in [1.54, 1.807) is 6.92 Å². The summed E-state index contributed by atoms with van der Waals surface area (Å²) in [6.07, 6.45) is 0. The maximum absolute atomic E-state index is 10.7. The number of rotatable bonds is 0. The third-order valence-electron chi connectivity index (χ3n) is 1.06. The van der Waals surface area contributed by atoms with Crippen molar-refractivity contribution < 1.29 is 9.59 Å². The summed E-state index contributed by atoms with van der Waals surface area (Å²) in [5, 5.41) is 4.39. The van der Waals surface area contributed by atoms with E-state index in [0.717, 1.165) is 0 Å². The van der Waals surface area contributed by atoms with Crippen molar-refractivity contribution in [3.63, 3.8) is 0 Å². The fraction of sp³-hybridized carbons (Fsp3) is 0.333. The van der Waals surface area contributed by atoms with Crippen LogP contribution in [0.3, 0.4) is 0 Å². The highest BCUT2D eigenvalue weighted by molar-refractivity contribution is 6.05. The number of hydrogen-bond acceptors (Lipinski definition) is 2. The maximum atomic E-state index is 10.7. The molecule has 52 valence electrons. The Balaban J connectivity index is 2.69. The van der Waals surface area contributed by atoms with Crippen LogP contribution in [-0.4, -0.2) is 18.0 Å². The van der Waals surface area contributed by atoms with Crippen LogP contribution in [0.25, 0.3) is 0 Å². The first-order valence-electron chi connectivity index (χ1n) is 2.77. The molecule has 10 heavy (non-hydrogen) atoms. The Bertz CT molecular complexity index is 236. The summed E-state index contributed by atoms with van der Waals surface area (Å²) in [6.45, 7) is 1.61. The van der Waals surface area contributed by atoms with Crippen LogP contribution in [0.1, 0.15) is 6.92 Å². The summed E-state index contributed by atoms with van der Waals surface area (Å²) < 4.78 is 0. The molecule has 0 aromatic rings. The van der Waals surface area contributed by atoms with E-state index in [2.05, 4.69) is 22.5 Å². The second-order valence-electron chi connectivity index (χ2n) is 1.79. The average molecular weight is 138 g/mol. The lowest BCUT2D eigenvalue weighted by Crippen LogP contribution is -2.26. The lowest BCUT2D eigenvalue weighted by atomic mass is 10.3. The number of imide groups is 1. The number of urea groups is 1. The summed E-state index contributed by atoms with van der Waals surface area (Å²) in [7, 11) is 0. The highest BCUT2D eigenvalue weighted by Crippen LogP contribution is 1.89. The topological polar surface area (TPSA) is 58.2 Å². The summed E-state index contributed by atoms with van der Waals surface area (Å²) >= 11 is 0. The first kappa shape index (κ1) is 6.62. The van der Waals surface area contributed by atoms with Gasteiger partial charge in [-0.25, -0.2) is 4.79 Å². The fourth-order valence-corrected chi connectivity index (χ4v) is 0.663. The molecule has 1 heterocycles. The monoisotopic (exact) mass is 138 g/mol. The van der Waals surface area contributed by atoms with Gasteiger partial charge in [-0.05, 0) is 6.92 Å². The van der Waals surface area contributed by atoms with Gasteiger partial charge in [-0.15, -0.1) is 5.92 Å². The van der Waals surface area contributed by atoms with E-state index in [1.807, 2.05) is 0 Å². The van der Waals surface area contributed by atoms with E-state index in [0.29, 0.717) is 0 Å². The number of amides is 3. The number of hydrogen-bond donors (Lipinski definition) is 2. The number of carbonyl (C=O) groups is 2.